The summed E-state index contributed by atoms with van der Waals surface area (Å²) in [6, 6.07) is 8.41. The van der Waals surface area contributed by atoms with Gasteiger partial charge in [0.05, 0.1) is 0 Å². The Balaban J connectivity index is 1.39. The lowest BCUT2D eigenvalue weighted by Crippen LogP contribution is -2.43. The Kier molecular flexibility index (Phi) is 6.01. The van der Waals surface area contributed by atoms with E-state index in [4.69, 9.17) is 10.5 Å². The number of carbonyl (C=O) groups excluding carboxylic acids is 2. The number of amides is 3. The van der Waals surface area contributed by atoms with E-state index in [0.29, 0.717) is 31.2 Å². The Morgan fingerprint density at radius 1 is 1.19 bits per heavy atom. The molecule has 0 spiro atoms. The average molecular weight is 359 g/mol. The molecule has 1 saturated heterocycles. The Morgan fingerprint density at radius 3 is 2.58 bits per heavy atom. The topological polar surface area (TPSA) is 84.7 Å². The Labute approximate surface area is 155 Å². The highest BCUT2D eigenvalue weighted by atomic mass is 16.6. The molecule has 3 unspecified atom stereocenters. The number of hydrogen-bond acceptors (Lipinski definition) is 3. The molecule has 1 aromatic carbocycles. The van der Waals surface area contributed by atoms with Crippen LogP contribution in [0.1, 0.15) is 50.2 Å². The second-order valence-electron chi connectivity index (χ2n) is 7.49. The molecular formula is C20H29N3O3. The summed E-state index contributed by atoms with van der Waals surface area (Å²) in [4.78, 5) is 24.9. The molecule has 1 aliphatic carbocycles. The number of benzene rings is 1. The molecule has 0 aromatic heterocycles. The molecule has 3 atom stereocenters. The standard InChI is InChI=1S/C20H29N3O3/c1-14-17-9-10-18(12-17)23(14)20(25)26-13-16-7-5-15(6-8-16)4-2-3-11-22-19(21)24/h5-8,14,17-18H,2-4,9-13H2,1H3,(H3,21,22,24). The van der Waals surface area contributed by atoms with Gasteiger partial charge < -0.3 is 20.7 Å². The maximum Gasteiger partial charge on any atom is 0.410 e. The maximum atomic E-state index is 12.4. The number of rotatable bonds is 7. The normalized spacial score (nSPS) is 23.9. The van der Waals surface area contributed by atoms with Crippen molar-refractivity contribution in [1.29, 1.82) is 0 Å². The van der Waals surface area contributed by atoms with Gasteiger partial charge in [-0.2, -0.15) is 0 Å². The number of ether oxygens (including phenoxy) is 1. The van der Waals surface area contributed by atoms with Crippen molar-refractivity contribution in [2.75, 3.05) is 6.54 Å². The van der Waals surface area contributed by atoms with E-state index in [-0.39, 0.29) is 6.09 Å². The number of carbonyl (C=O) groups is 2. The van der Waals surface area contributed by atoms with E-state index in [1.165, 1.54) is 12.0 Å². The van der Waals surface area contributed by atoms with Gasteiger partial charge in [-0.05, 0) is 62.5 Å². The van der Waals surface area contributed by atoms with Crippen molar-refractivity contribution in [3.63, 3.8) is 0 Å². The van der Waals surface area contributed by atoms with Crippen LogP contribution in [-0.2, 0) is 17.8 Å². The zero-order valence-corrected chi connectivity index (χ0v) is 15.4. The first kappa shape index (κ1) is 18.5. The molecule has 3 N–H and O–H groups in total. The molecule has 2 bridgehead atoms. The first-order chi connectivity index (χ1) is 12.5. The van der Waals surface area contributed by atoms with E-state index in [1.54, 1.807) is 0 Å². The van der Waals surface area contributed by atoms with Crippen LogP contribution in [0.2, 0.25) is 0 Å². The number of urea groups is 1. The number of piperidine rings is 1. The van der Waals surface area contributed by atoms with Gasteiger partial charge >= 0.3 is 12.1 Å². The molecule has 142 valence electrons. The average Bonchev–Trinajstić information content (AvgIpc) is 3.21. The first-order valence-corrected chi connectivity index (χ1v) is 9.61. The van der Waals surface area contributed by atoms with Gasteiger partial charge in [0.2, 0.25) is 0 Å². The first-order valence-electron chi connectivity index (χ1n) is 9.61. The molecule has 1 saturated carbocycles. The monoisotopic (exact) mass is 359 g/mol. The molecule has 6 nitrogen and oxygen atoms in total. The Hall–Kier alpha value is -2.24. The van der Waals surface area contributed by atoms with Crippen LogP contribution in [0, 0.1) is 5.92 Å². The van der Waals surface area contributed by atoms with Gasteiger partial charge in [-0.3, -0.25) is 0 Å². The quantitative estimate of drug-likeness (QED) is 0.733. The third-order valence-corrected chi connectivity index (χ3v) is 5.75. The SMILES string of the molecule is CC1C2CCC(C2)N1C(=O)OCc1ccc(CCCCNC(N)=O)cc1. The molecule has 26 heavy (non-hydrogen) atoms. The van der Waals surface area contributed by atoms with E-state index in [0.717, 1.165) is 37.7 Å². The van der Waals surface area contributed by atoms with Crippen molar-refractivity contribution in [2.45, 2.75) is 64.1 Å². The fourth-order valence-electron chi connectivity index (χ4n) is 4.24. The smallest absolute Gasteiger partial charge is 0.410 e. The van der Waals surface area contributed by atoms with Gasteiger partial charge in [0.1, 0.15) is 6.61 Å². The molecule has 2 aliphatic rings. The van der Waals surface area contributed by atoms with Crippen LogP contribution in [-0.4, -0.2) is 35.7 Å². The van der Waals surface area contributed by atoms with Gasteiger partial charge in [-0.25, -0.2) is 9.59 Å². The van der Waals surface area contributed by atoms with Crippen molar-refractivity contribution in [2.24, 2.45) is 11.7 Å². The highest BCUT2D eigenvalue weighted by Crippen LogP contribution is 2.42. The molecule has 0 radical (unpaired) electrons. The molecule has 1 aliphatic heterocycles. The zero-order chi connectivity index (χ0) is 18.5. The summed E-state index contributed by atoms with van der Waals surface area (Å²) in [5.74, 6) is 0.657. The highest BCUT2D eigenvalue weighted by molar-refractivity contribution is 5.71. The number of unbranched alkanes of at least 4 members (excludes halogenated alkanes) is 1. The van der Waals surface area contributed by atoms with Crippen LogP contribution in [0.4, 0.5) is 9.59 Å². The molecule has 3 rings (SSSR count). The second-order valence-corrected chi connectivity index (χ2v) is 7.49. The van der Waals surface area contributed by atoms with E-state index >= 15 is 0 Å². The minimum absolute atomic E-state index is 0.171. The van der Waals surface area contributed by atoms with Crippen LogP contribution in [0.5, 0.6) is 0 Å². The molecule has 3 amide bonds. The van der Waals surface area contributed by atoms with Gasteiger partial charge in [0, 0.05) is 18.6 Å². The summed E-state index contributed by atoms with van der Waals surface area (Å²) in [6.45, 7) is 3.07. The number of primary amides is 1. The van der Waals surface area contributed by atoms with Crippen molar-refractivity contribution in [1.82, 2.24) is 10.2 Å². The molecular weight excluding hydrogens is 330 g/mol. The lowest BCUT2D eigenvalue weighted by atomic mass is 10.0. The molecule has 1 aromatic rings. The third-order valence-electron chi connectivity index (χ3n) is 5.75. The fourth-order valence-corrected chi connectivity index (χ4v) is 4.24. The molecule has 6 heteroatoms. The summed E-state index contributed by atoms with van der Waals surface area (Å²) in [6.07, 6.45) is 6.18. The summed E-state index contributed by atoms with van der Waals surface area (Å²) < 4.78 is 5.55. The van der Waals surface area contributed by atoms with Crippen LogP contribution in [0.25, 0.3) is 0 Å². The molecule has 2 fully saturated rings. The van der Waals surface area contributed by atoms with Gasteiger partial charge in [-0.15, -0.1) is 0 Å². The van der Waals surface area contributed by atoms with E-state index in [9.17, 15) is 9.59 Å². The number of nitrogens with two attached hydrogens (primary N) is 1. The summed E-state index contributed by atoms with van der Waals surface area (Å²) in [5.41, 5.74) is 7.28. The highest BCUT2D eigenvalue weighted by Gasteiger charge is 2.46. The zero-order valence-electron chi connectivity index (χ0n) is 15.4. The number of aryl methyl sites for hydroxylation is 1. The van der Waals surface area contributed by atoms with Gasteiger partial charge in [-0.1, -0.05) is 24.3 Å². The number of hydrogen-bond donors (Lipinski definition) is 2. The van der Waals surface area contributed by atoms with Crippen LogP contribution in [0.15, 0.2) is 24.3 Å². The Morgan fingerprint density at radius 2 is 1.92 bits per heavy atom. The van der Waals surface area contributed by atoms with Crippen molar-refractivity contribution >= 4 is 12.1 Å². The van der Waals surface area contributed by atoms with Gasteiger partial charge in [0.15, 0.2) is 0 Å². The number of likely N-dealkylation sites (tertiary alicyclic amines) is 1. The lowest BCUT2D eigenvalue weighted by molar-refractivity contribution is 0.0684. The number of nitrogens with one attached hydrogen (secondary N) is 1. The fraction of sp³-hybridized carbons (Fsp3) is 0.600. The summed E-state index contributed by atoms with van der Waals surface area (Å²) in [7, 11) is 0. The summed E-state index contributed by atoms with van der Waals surface area (Å²) in [5, 5.41) is 2.59. The van der Waals surface area contributed by atoms with Crippen LogP contribution in [0.3, 0.4) is 0 Å². The Bertz CT molecular complexity index is 630. The predicted octanol–water partition coefficient (Wildman–Crippen LogP) is 3.19. The summed E-state index contributed by atoms with van der Waals surface area (Å²) >= 11 is 0. The van der Waals surface area contributed by atoms with E-state index in [1.807, 2.05) is 17.0 Å². The van der Waals surface area contributed by atoms with Crippen molar-refractivity contribution < 1.29 is 14.3 Å². The van der Waals surface area contributed by atoms with Crippen molar-refractivity contribution in [3.8, 4) is 0 Å². The lowest BCUT2D eigenvalue weighted by Gasteiger charge is -2.32. The van der Waals surface area contributed by atoms with Crippen molar-refractivity contribution in [3.05, 3.63) is 35.4 Å². The second kappa shape index (κ2) is 8.43. The number of fused-ring (bicyclic) bond motifs is 2. The van der Waals surface area contributed by atoms with Crippen LogP contribution < -0.4 is 11.1 Å². The number of nitrogens with zero attached hydrogens (tertiary/aromatic N) is 1. The minimum atomic E-state index is -0.472. The maximum absolute atomic E-state index is 12.4. The predicted molar refractivity (Wildman–Crippen MR) is 99.6 cm³/mol. The van der Waals surface area contributed by atoms with E-state index < -0.39 is 6.03 Å². The largest absolute Gasteiger partial charge is 0.445 e. The van der Waals surface area contributed by atoms with Crippen LogP contribution >= 0.6 is 0 Å². The van der Waals surface area contributed by atoms with Gasteiger partial charge in [0.25, 0.3) is 0 Å². The third kappa shape index (κ3) is 4.48. The minimum Gasteiger partial charge on any atom is -0.445 e. The van der Waals surface area contributed by atoms with E-state index in [2.05, 4.69) is 24.4 Å². The molecule has 1 heterocycles.